The minimum Gasteiger partial charge on any atom is -0.495 e. The third-order valence-corrected chi connectivity index (χ3v) is 5.17. The molecular formula is C20H20N4OS. The number of aromatic nitrogens is 2. The van der Waals surface area contributed by atoms with Crippen molar-refractivity contribution in [3.8, 4) is 11.4 Å². The molecule has 2 atom stereocenters. The lowest BCUT2D eigenvalue weighted by Crippen LogP contribution is -2.26. The van der Waals surface area contributed by atoms with E-state index >= 15 is 0 Å². The van der Waals surface area contributed by atoms with Gasteiger partial charge in [0.05, 0.1) is 30.6 Å². The van der Waals surface area contributed by atoms with Crippen molar-refractivity contribution < 1.29 is 4.74 Å². The van der Waals surface area contributed by atoms with Gasteiger partial charge in [-0.25, -0.2) is 0 Å². The van der Waals surface area contributed by atoms with E-state index in [1.165, 1.54) is 0 Å². The van der Waals surface area contributed by atoms with Crippen LogP contribution in [0.3, 0.4) is 0 Å². The number of nitrogens with one attached hydrogen (secondary N) is 1. The summed E-state index contributed by atoms with van der Waals surface area (Å²) in [7, 11) is 3.71. The number of hydrogen-bond acceptors (Lipinski definition) is 3. The van der Waals surface area contributed by atoms with Crippen LogP contribution in [0.4, 0.5) is 0 Å². The highest BCUT2D eigenvalue weighted by molar-refractivity contribution is 7.80. The van der Waals surface area contributed by atoms with Crippen molar-refractivity contribution in [2.24, 2.45) is 0 Å². The minimum atomic E-state index is -0.0166. The van der Waals surface area contributed by atoms with Gasteiger partial charge in [0.15, 0.2) is 5.11 Å². The van der Waals surface area contributed by atoms with E-state index in [9.17, 15) is 0 Å². The highest BCUT2D eigenvalue weighted by Gasteiger charge is 2.39. The second-order valence-electron chi connectivity index (χ2n) is 6.21. The predicted molar refractivity (Wildman–Crippen MR) is 106 cm³/mol. The number of thiocarbonyl (C=S) groups is 1. The molecule has 1 aromatic carbocycles. The van der Waals surface area contributed by atoms with Crippen molar-refractivity contribution >= 4 is 17.3 Å². The van der Waals surface area contributed by atoms with E-state index in [1.807, 2.05) is 55.7 Å². The maximum Gasteiger partial charge on any atom is 0.169 e. The van der Waals surface area contributed by atoms with Crippen LogP contribution in [0, 0.1) is 0 Å². The molecule has 1 aliphatic heterocycles. The third kappa shape index (κ3) is 2.72. The second kappa shape index (κ2) is 6.80. The molecule has 2 unspecified atom stereocenters. The molecule has 4 rings (SSSR count). The van der Waals surface area contributed by atoms with Crippen LogP contribution in [0.1, 0.15) is 23.5 Å². The van der Waals surface area contributed by atoms with Crippen molar-refractivity contribution in [3.05, 3.63) is 78.4 Å². The van der Waals surface area contributed by atoms with Crippen LogP contribution in [-0.4, -0.2) is 33.7 Å². The van der Waals surface area contributed by atoms with Gasteiger partial charge in [0.25, 0.3) is 0 Å². The first kappa shape index (κ1) is 16.6. The van der Waals surface area contributed by atoms with E-state index in [-0.39, 0.29) is 12.1 Å². The first-order valence-corrected chi connectivity index (χ1v) is 8.86. The molecule has 1 saturated heterocycles. The normalized spacial score (nSPS) is 19.5. The lowest BCUT2D eigenvalue weighted by Gasteiger charge is -2.26. The standard InChI is InChI=1S/C20H20N4OS/c1-23-19(18(22-20(23)26)14-8-5-6-12-21-14)16-10-7-13-24(16)15-9-3-4-11-17(15)25-2/h3-13,18-19H,1-2H3,(H,22,26). The van der Waals surface area contributed by atoms with Gasteiger partial charge in [-0.05, 0) is 48.6 Å². The molecule has 132 valence electrons. The number of ether oxygens (including phenoxy) is 1. The van der Waals surface area contributed by atoms with Crippen molar-refractivity contribution in [2.75, 3.05) is 14.2 Å². The van der Waals surface area contributed by atoms with Crippen LogP contribution < -0.4 is 10.1 Å². The molecule has 0 spiro atoms. The molecule has 5 nitrogen and oxygen atoms in total. The maximum atomic E-state index is 5.56. The minimum absolute atomic E-state index is 0.0166. The SMILES string of the molecule is COc1ccccc1-n1cccc1C1C(c2ccccn2)NC(=S)N1C. The third-order valence-electron chi connectivity index (χ3n) is 4.77. The summed E-state index contributed by atoms with van der Waals surface area (Å²) in [6.07, 6.45) is 3.87. The Morgan fingerprint density at radius 1 is 1.08 bits per heavy atom. The first-order valence-electron chi connectivity index (χ1n) is 8.45. The van der Waals surface area contributed by atoms with Crippen molar-refractivity contribution in [1.29, 1.82) is 0 Å². The fourth-order valence-electron chi connectivity index (χ4n) is 3.51. The lowest BCUT2D eigenvalue weighted by atomic mass is 10.0. The Kier molecular flexibility index (Phi) is 4.34. The Balaban J connectivity index is 1.82. The molecule has 1 aliphatic rings. The molecular weight excluding hydrogens is 344 g/mol. The highest BCUT2D eigenvalue weighted by Crippen LogP contribution is 2.39. The summed E-state index contributed by atoms with van der Waals surface area (Å²) < 4.78 is 7.72. The fourth-order valence-corrected chi connectivity index (χ4v) is 3.75. The lowest BCUT2D eigenvalue weighted by molar-refractivity contribution is 0.355. The number of nitrogens with zero attached hydrogens (tertiary/aromatic N) is 3. The Bertz CT molecular complexity index is 924. The number of methoxy groups -OCH3 is 1. The zero-order chi connectivity index (χ0) is 18.1. The molecule has 26 heavy (non-hydrogen) atoms. The Morgan fingerprint density at radius 3 is 2.65 bits per heavy atom. The fraction of sp³-hybridized carbons (Fsp3) is 0.200. The van der Waals surface area contributed by atoms with E-state index < -0.39 is 0 Å². The summed E-state index contributed by atoms with van der Waals surface area (Å²) in [6.45, 7) is 0. The zero-order valence-corrected chi connectivity index (χ0v) is 15.5. The van der Waals surface area contributed by atoms with Gasteiger partial charge in [-0.15, -0.1) is 0 Å². The number of rotatable bonds is 4. The summed E-state index contributed by atoms with van der Waals surface area (Å²) in [5, 5.41) is 4.14. The van der Waals surface area contributed by atoms with Crippen LogP contribution in [0.15, 0.2) is 67.0 Å². The van der Waals surface area contributed by atoms with E-state index in [0.29, 0.717) is 0 Å². The topological polar surface area (TPSA) is 42.3 Å². The Labute approximate surface area is 158 Å². The summed E-state index contributed by atoms with van der Waals surface area (Å²) in [4.78, 5) is 6.64. The van der Waals surface area contributed by atoms with Gasteiger partial charge in [0.1, 0.15) is 5.75 Å². The van der Waals surface area contributed by atoms with Gasteiger partial charge in [-0.2, -0.15) is 0 Å². The Morgan fingerprint density at radius 2 is 1.88 bits per heavy atom. The average molecular weight is 364 g/mol. The van der Waals surface area contributed by atoms with E-state index in [1.54, 1.807) is 7.11 Å². The van der Waals surface area contributed by atoms with Gasteiger partial charge >= 0.3 is 0 Å². The largest absolute Gasteiger partial charge is 0.495 e. The maximum absolute atomic E-state index is 5.56. The summed E-state index contributed by atoms with van der Waals surface area (Å²) in [5.74, 6) is 0.829. The van der Waals surface area contributed by atoms with Crippen molar-refractivity contribution in [3.63, 3.8) is 0 Å². The van der Waals surface area contributed by atoms with Crippen molar-refractivity contribution in [1.82, 2.24) is 19.8 Å². The molecule has 0 bridgehead atoms. The van der Waals surface area contributed by atoms with Crippen LogP contribution in [0.5, 0.6) is 5.75 Å². The monoisotopic (exact) mass is 364 g/mol. The van der Waals surface area contributed by atoms with Crippen molar-refractivity contribution in [2.45, 2.75) is 12.1 Å². The van der Waals surface area contributed by atoms with Gasteiger partial charge in [-0.3, -0.25) is 4.98 Å². The van der Waals surface area contributed by atoms with E-state index in [4.69, 9.17) is 17.0 Å². The van der Waals surface area contributed by atoms with Crippen LogP contribution in [0.2, 0.25) is 0 Å². The quantitative estimate of drug-likeness (QED) is 0.718. The smallest absolute Gasteiger partial charge is 0.169 e. The molecule has 3 heterocycles. The Hall–Kier alpha value is -2.86. The molecule has 3 aromatic rings. The highest BCUT2D eigenvalue weighted by atomic mass is 32.1. The molecule has 0 saturated carbocycles. The molecule has 6 heteroatoms. The number of benzene rings is 1. The van der Waals surface area contributed by atoms with Gasteiger partial charge in [0, 0.05) is 25.1 Å². The van der Waals surface area contributed by atoms with Gasteiger partial charge in [0.2, 0.25) is 0 Å². The molecule has 1 N–H and O–H groups in total. The zero-order valence-electron chi connectivity index (χ0n) is 14.7. The van der Waals surface area contributed by atoms with Gasteiger partial charge in [-0.1, -0.05) is 18.2 Å². The second-order valence-corrected chi connectivity index (χ2v) is 6.60. The number of likely N-dealkylation sites (N-methyl/N-ethyl adjacent to an activating group) is 1. The van der Waals surface area contributed by atoms with Crippen LogP contribution >= 0.6 is 12.2 Å². The summed E-state index contributed by atoms with van der Waals surface area (Å²) in [5.41, 5.74) is 3.10. The number of hydrogen-bond donors (Lipinski definition) is 1. The first-order chi connectivity index (χ1) is 12.7. The molecule has 2 aromatic heterocycles. The van der Waals surface area contributed by atoms with Gasteiger partial charge < -0.3 is 19.5 Å². The van der Waals surface area contributed by atoms with E-state index in [0.717, 1.165) is 27.9 Å². The summed E-state index contributed by atoms with van der Waals surface area (Å²) in [6, 6.07) is 18.1. The van der Waals surface area contributed by atoms with Crippen LogP contribution in [-0.2, 0) is 0 Å². The molecule has 0 aliphatic carbocycles. The van der Waals surface area contributed by atoms with E-state index in [2.05, 4.69) is 38.1 Å². The molecule has 0 amide bonds. The summed E-state index contributed by atoms with van der Waals surface area (Å²) >= 11 is 5.53. The average Bonchev–Trinajstić information content (AvgIpc) is 3.27. The predicted octanol–water partition coefficient (Wildman–Crippen LogP) is 3.48. The number of pyridine rings is 1. The number of para-hydroxylation sites is 2. The molecule has 0 radical (unpaired) electrons. The molecule has 1 fully saturated rings. The van der Waals surface area contributed by atoms with Crippen LogP contribution in [0.25, 0.3) is 5.69 Å².